The lowest BCUT2D eigenvalue weighted by molar-refractivity contribution is 0.134. The van der Waals surface area contributed by atoms with Gasteiger partial charge in [-0.1, -0.05) is 15.9 Å². The number of piperidine rings is 1. The number of fused-ring (bicyclic) bond motifs is 1. The minimum Gasteiger partial charge on any atom is -0.344 e. The third-order valence-corrected chi connectivity index (χ3v) is 4.74. The van der Waals surface area contributed by atoms with Gasteiger partial charge in [0.15, 0.2) is 0 Å². The van der Waals surface area contributed by atoms with Crippen LogP contribution in [0.4, 0.5) is 0 Å². The van der Waals surface area contributed by atoms with Crippen molar-refractivity contribution < 1.29 is 0 Å². The van der Waals surface area contributed by atoms with E-state index in [0.717, 1.165) is 17.3 Å². The average Bonchev–Trinajstić information content (AvgIpc) is 2.67. The molecule has 1 fully saturated rings. The Labute approximate surface area is 129 Å². The zero-order chi connectivity index (χ0) is 14.5. The lowest BCUT2D eigenvalue weighted by Crippen LogP contribution is -2.57. The summed E-state index contributed by atoms with van der Waals surface area (Å²) >= 11 is 3.55. The average molecular weight is 335 g/mol. The van der Waals surface area contributed by atoms with Crippen molar-refractivity contribution in [1.29, 1.82) is 0 Å². The van der Waals surface area contributed by atoms with Crippen LogP contribution in [0.2, 0.25) is 0 Å². The highest BCUT2D eigenvalue weighted by Gasteiger charge is 2.38. The molecule has 1 aliphatic heterocycles. The molecule has 1 aromatic heterocycles. The van der Waals surface area contributed by atoms with Gasteiger partial charge in [0, 0.05) is 38.7 Å². The number of hydrogen-bond donors (Lipinski definition) is 1. The Morgan fingerprint density at radius 3 is 2.40 bits per heavy atom. The Morgan fingerprint density at radius 2 is 1.75 bits per heavy atom. The molecular weight excluding hydrogens is 312 g/mol. The first-order valence-electron chi connectivity index (χ1n) is 7.31. The fourth-order valence-corrected chi connectivity index (χ4v) is 4.30. The summed E-state index contributed by atoms with van der Waals surface area (Å²) < 4.78 is 3.61. The molecule has 0 amide bonds. The highest BCUT2D eigenvalue weighted by Crippen LogP contribution is 2.38. The molecular formula is C17H23BrN2. The molecule has 0 radical (unpaired) electrons. The largest absolute Gasteiger partial charge is 0.344 e. The van der Waals surface area contributed by atoms with Crippen molar-refractivity contribution in [3.8, 4) is 0 Å². The Kier molecular flexibility index (Phi) is 3.26. The second-order valence-corrected chi connectivity index (χ2v) is 8.30. The highest BCUT2D eigenvalue weighted by molar-refractivity contribution is 9.10. The fourth-order valence-electron chi connectivity index (χ4n) is 3.92. The van der Waals surface area contributed by atoms with Crippen LogP contribution in [0, 0.1) is 0 Å². The molecule has 1 N–H and O–H groups in total. The molecule has 2 nitrogen and oxygen atoms in total. The van der Waals surface area contributed by atoms with Gasteiger partial charge in [0.05, 0.1) is 0 Å². The van der Waals surface area contributed by atoms with Gasteiger partial charge < -0.3 is 9.88 Å². The van der Waals surface area contributed by atoms with Crippen LogP contribution >= 0.6 is 15.9 Å². The van der Waals surface area contributed by atoms with Gasteiger partial charge in [0.2, 0.25) is 0 Å². The molecule has 2 aromatic rings. The zero-order valence-corrected chi connectivity index (χ0v) is 14.3. The molecule has 108 valence electrons. The van der Waals surface area contributed by atoms with E-state index in [1.165, 1.54) is 10.9 Å². The lowest BCUT2D eigenvalue weighted by atomic mass is 9.79. The summed E-state index contributed by atoms with van der Waals surface area (Å²) in [4.78, 5) is 0. The number of hydrogen-bond acceptors (Lipinski definition) is 1. The number of halogens is 1. The molecule has 1 aromatic carbocycles. The Bertz CT molecular complexity index is 623. The molecule has 3 heteroatoms. The second kappa shape index (κ2) is 4.60. The second-order valence-electron chi connectivity index (χ2n) is 7.38. The van der Waals surface area contributed by atoms with Gasteiger partial charge in [-0.2, -0.15) is 0 Å². The van der Waals surface area contributed by atoms with Crippen LogP contribution in [0.1, 0.15) is 46.6 Å². The summed E-state index contributed by atoms with van der Waals surface area (Å²) in [5.74, 6) is 0. The number of rotatable bonds is 1. The first-order valence-corrected chi connectivity index (χ1v) is 8.11. The summed E-state index contributed by atoms with van der Waals surface area (Å²) in [6.07, 6.45) is 4.58. The van der Waals surface area contributed by atoms with Crippen molar-refractivity contribution in [1.82, 2.24) is 9.88 Å². The third-order valence-electron chi connectivity index (χ3n) is 4.24. The van der Waals surface area contributed by atoms with E-state index in [1.54, 1.807) is 0 Å². The van der Waals surface area contributed by atoms with Crippen LogP contribution in [0.15, 0.2) is 34.9 Å². The van der Waals surface area contributed by atoms with E-state index in [2.05, 4.69) is 84.0 Å². The van der Waals surface area contributed by atoms with Crippen LogP contribution in [-0.4, -0.2) is 15.6 Å². The predicted octanol–water partition coefficient (Wildman–Crippen LogP) is 4.89. The van der Waals surface area contributed by atoms with E-state index in [4.69, 9.17) is 0 Å². The highest BCUT2D eigenvalue weighted by atomic mass is 79.9. The van der Waals surface area contributed by atoms with Crippen LogP contribution in [-0.2, 0) is 0 Å². The summed E-state index contributed by atoms with van der Waals surface area (Å²) in [7, 11) is 0. The van der Waals surface area contributed by atoms with E-state index in [0.29, 0.717) is 6.04 Å². The van der Waals surface area contributed by atoms with Crippen LogP contribution in [0.3, 0.4) is 0 Å². The van der Waals surface area contributed by atoms with Crippen molar-refractivity contribution in [3.63, 3.8) is 0 Å². The SMILES string of the molecule is CC1(C)CC(n2ccc3cc(Br)ccc32)CC(C)(C)N1. The molecule has 0 atom stereocenters. The van der Waals surface area contributed by atoms with E-state index in [9.17, 15) is 0 Å². The first-order chi connectivity index (χ1) is 9.26. The van der Waals surface area contributed by atoms with E-state index < -0.39 is 0 Å². The molecule has 0 aliphatic carbocycles. The molecule has 20 heavy (non-hydrogen) atoms. The van der Waals surface area contributed by atoms with Gasteiger partial charge in [-0.05, 0) is 64.8 Å². The number of aromatic nitrogens is 1. The summed E-state index contributed by atoms with van der Waals surface area (Å²) in [6, 6.07) is 9.34. The molecule has 0 unspecified atom stereocenters. The lowest BCUT2D eigenvalue weighted by Gasteiger charge is -2.47. The minimum absolute atomic E-state index is 0.179. The third kappa shape index (κ3) is 2.66. The fraction of sp³-hybridized carbons (Fsp3) is 0.529. The van der Waals surface area contributed by atoms with Gasteiger partial charge in [0.1, 0.15) is 0 Å². The summed E-state index contributed by atoms with van der Waals surface area (Å²) in [6.45, 7) is 9.23. The maximum absolute atomic E-state index is 3.76. The van der Waals surface area contributed by atoms with Gasteiger partial charge in [-0.3, -0.25) is 0 Å². The maximum Gasteiger partial charge on any atom is 0.0483 e. The maximum atomic E-state index is 3.76. The summed E-state index contributed by atoms with van der Waals surface area (Å²) in [5, 5.41) is 5.07. The van der Waals surface area contributed by atoms with Crippen molar-refractivity contribution in [2.45, 2.75) is 57.7 Å². The van der Waals surface area contributed by atoms with Gasteiger partial charge in [-0.15, -0.1) is 0 Å². The first kappa shape index (κ1) is 14.2. The van der Waals surface area contributed by atoms with Crippen molar-refractivity contribution in [2.24, 2.45) is 0 Å². The molecule has 2 heterocycles. The molecule has 1 aliphatic rings. The Morgan fingerprint density at radius 1 is 1.10 bits per heavy atom. The van der Waals surface area contributed by atoms with Crippen LogP contribution in [0.5, 0.6) is 0 Å². The Hall–Kier alpha value is -0.800. The van der Waals surface area contributed by atoms with E-state index in [1.807, 2.05) is 0 Å². The van der Waals surface area contributed by atoms with Gasteiger partial charge >= 0.3 is 0 Å². The van der Waals surface area contributed by atoms with Crippen LogP contribution in [0.25, 0.3) is 10.9 Å². The number of nitrogens with one attached hydrogen (secondary N) is 1. The minimum atomic E-state index is 0.179. The Balaban J connectivity index is 2.02. The van der Waals surface area contributed by atoms with Gasteiger partial charge in [0.25, 0.3) is 0 Å². The smallest absolute Gasteiger partial charge is 0.0483 e. The quantitative estimate of drug-likeness (QED) is 0.785. The standard InChI is InChI=1S/C17H23BrN2/c1-16(2)10-14(11-17(3,4)19-16)20-8-7-12-9-13(18)5-6-15(12)20/h5-9,14,19H,10-11H2,1-4H3. The zero-order valence-electron chi connectivity index (χ0n) is 12.7. The molecule has 1 saturated heterocycles. The molecule has 0 bridgehead atoms. The van der Waals surface area contributed by atoms with Gasteiger partial charge in [-0.25, -0.2) is 0 Å². The van der Waals surface area contributed by atoms with Crippen LogP contribution < -0.4 is 5.32 Å². The monoisotopic (exact) mass is 334 g/mol. The van der Waals surface area contributed by atoms with Crippen molar-refractivity contribution in [2.75, 3.05) is 0 Å². The molecule has 3 rings (SSSR count). The topological polar surface area (TPSA) is 17.0 Å². The number of nitrogens with zero attached hydrogens (tertiary/aromatic N) is 1. The molecule has 0 saturated carbocycles. The summed E-state index contributed by atoms with van der Waals surface area (Å²) in [5.41, 5.74) is 1.70. The molecule has 0 spiro atoms. The van der Waals surface area contributed by atoms with E-state index >= 15 is 0 Å². The van der Waals surface area contributed by atoms with Crippen molar-refractivity contribution >= 4 is 26.8 Å². The normalized spacial score (nSPS) is 22.2. The predicted molar refractivity (Wildman–Crippen MR) is 89.2 cm³/mol. The number of benzene rings is 1. The van der Waals surface area contributed by atoms with E-state index in [-0.39, 0.29) is 11.1 Å². The van der Waals surface area contributed by atoms with Crippen molar-refractivity contribution in [3.05, 3.63) is 34.9 Å².